The Morgan fingerprint density at radius 3 is 2.94 bits per heavy atom. The molecule has 4 nitrogen and oxygen atoms in total. The third-order valence-corrected chi connectivity index (χ3v) is 2.81. The largest absolute Gasteiger partial charge is 0.399 e. The lowest BCUT2D eigenvalue weighted by molar-refractivity contribution is 0.151. The first kappa shape index (κ1) is 11.4. The van der Waals surface area contributed by atoms with Crippen molar-refractivity contribution in [2.75, 3.05) is 5.73 Å². The second-order valence-electron chi connectivity index (χ2n) is 3.57. The normalized spacial score (nSPS) is 12.6. The number of nitrogens with two attached hydrogens (primary N) is 1. The van der Waals surface area contributed by atoms with Crippen LogP contribution in [0.3, 0.4) is 0 Å². The topological polar surface area (TPSA) is 64.1 Å². The molecule has 0 saturated carbocycles. The van der Waals surface area contributed by atoms with E-state index in [1.807, 2.05) is 18.3 Å². The number of benzene rings is 1. The van der Waals surface area contributed by atoms with Gasteiger partial charge in [-0.2, -0.15) is 5.10 Å². The summed E-state index contributed by atoms with van der Waals surface area (Å²) < 4.78 is 2.77. The summed E-state index contributed by atoms with van der Waals surface area (Å²) in [5.74, 6) is 0. The summed E-state index contributed by atoms with van der Waals surface area (Å²) >= 11 is 2.18. The molecule has 0 aliphatic heterocycles. The standard InChI is InChI=1S/C11H12IN3O/c12-9-5-14-15(6-9)7-11(16)8-2-1-3-10(13)4-8/h1-6,11,16H,7,13H2. The molecule has 84 valence electrons. The van der Waals surface area contributed by atoms with Gasteiger partial charge in [0.25, 0.3) is 0 Å². The highest BCUT2D eigenvalue weighted by Gasteiger charge is 2.09. The van der Waals surface area contributed by atoms with Crippen molar-refractivity contribution in [3.8, 4) is 0 Å². The predicted octanol–water partition coefficient (Wildman–Crippen LogP) is 1.80. The van der Waals surface area contributed by atoms with E-state index in [4.69, 9.17) is 5.73 Å². The van der Waals surface area contributed by atoms with E-state index in [0.717, 1.165) is 9.13 Å². The summed E-state index contributed by atoms with van der Waals surface area (Å²) in [4.78, 5) is 0. The second-order valence-corrected chi connectivity index (χ2v) is 4.81. The number of hydrogen-bond acceptors (Lipinski definition) is 3. The van der Waals surface area contributed by atoms with Crippen molar-refractivity contribution in [1.29, 1.82) is 0 Å². The van der Waals surface area contributed by atoms with Crippen molar-refractivity contribution in [3.05, 3.63) is 45.8 Å². The first-order valence-corrected chi connectivity index (χ1v) is 5.94. The molecule has 5 heteroatoms. The number of nitrogen functional groups attached to an aromatic ring is 1. The van der Waals surface area contributed by atoms with Crippen LogP contribution in [-0.2, 0) is 6.54 Å². The molecular formula is C11H12IN3O. The highest BCUT2D eigenvalue weighted by molar-refractivity contribution is 14.1. The average molecular weight is 329 g/mol. The van der Waals surface area contributed by atoms with Gasteiger partial charge >= 0.3 is 0 Å². The quantitative estimate of drug-likeness (QED) is 0.667. The Morgan fingerprint density at radius 2 is 2.31 bits per heavy atom. The van der Waals surface area contributed by atoms with E-state index in [-0.39, 0.29) is 0 Å². The monoisotopic (exact) mass is 329 g/mol. The fourth-order valence-corrected chi connectivity index (χ4v) is 1.93. The zero-order valence-electron chi connectivity index (χ0n) is 8.55. The lowest BCUT2D eigenvalue weighted by Gasteiger charge is -2.11. The van der Waals surface area contributed by atoms with Crippen LogP contribution in [0.5, 0.6) is 0 Å². The van der Waals surface area contributed by atoms with E-state index in [1.165, 1.54) is 0 Å². The number of aliphatic hydroxyl groups is 1. The second kappa shape index (κ2) is 4.84. The van der Waals surface area contributed by atoms with Crippen molar-refractivity contribution >= 4 is 28.3 Å². The van der Waals surface area contributed by atoms with Gasteiger partial charge in [-0.25, -0.2) is 0 Å². The first-order chi connectivity index (χ1) is 7.65. The third-order valence-electron chi connectivity index (χ3n) is 2.26. The summed E-state index contributed by atoms with van der Waals surface area (Å²) in [6, 6.07) is 7.27. The zero-order valence-corrected chi connectivity index (χ0v) is 10.7. The summed E-state index contributed by atoms with van der Waals surface area (Å²) in [7, 11) is 0. The predicted molar refractivity (Wildman–Crippen MR) is 70.8 cm³/mol. The van der Waals surface area contributed by atoms with E-state index < -0.39 is 6.10 Å². The van der Waals surface area contributed by atoms with Crippen molar-refractivity contribution < 1.29 is 5.11 Å². The highest BCUT2D eigenvalue weighted by atomic mass is 127. The molecule has 0 bridgehead atoms. The van der Waals surface area contributed by atoms with Gasteiger partial charge in [0.05, 0.1) is 22.4 Å². The number of hydrogen-bond donors (Lipinski definition) is 2. The van der Waals surface area contributed by atoms with Crippen LogP contribution in [0.2, 0.25) is 0 Å². The van der Waals surface area contributed by atoms with Gasteiger partial charge in [0.15, 0.2) is 0 Å². The van der Waals surface area contributed by atoms with Crippen LogP contribution in [0.4, 0.5) is 5.69 Å². The number of rotatable bonds is 3. The van der Waals surface area contributed by atoms with Crippen LogP contribution in [0, 0.1) is 3.57 Å². The van der Waals surface area contributed by atoms with Crippen molar-refractivity contribution in [2.45, 2.75) is 12.6 Å². The fraction of sp³-hybridized carbons (Fsp3) is 0.182. The van der Waals surface area contributed by atoms with Gasteiger partial charge in [-0.15, -0.1) is 0 Å². The van der Waals surface area contributed by atoms with E-state index in [2.05, 4.69) is 27.7 Å². The minimum absolute atomic E-state index is 0.437. The van der Waals surface area contributed by atoms with Crippen LogP contribution in [0.1, 0.15) is 11.7 Å². The fourth-order valence-electron chi connectivity index (χ4n) is 1.49. The van der Waals surface area contributed by atoms with E-state index in [9.17, 15) is 5.11 Å². The van der Waals surface area contributed by atoms with Crippen LogP contribution in [-0.4, -0.2) is 14.9 Å². The van der Waals surface area contributed by atoms with Crippen molar-refractivity contribution in [1.82, 2.24) is 9.78 Å². The number of anilines is 1. The van der Waals surface area contributed by atoms with Crippen LogP contribution in [0.25, 0.3) is 0 Å². The van der Waals surface area contributed by atoms with Crippen LogP contribution in [0.15, 0.2) is 36.7 Å². The molecule has 16 heavy (non-hydrogen) atoms. The van der Waals surface area contributed by atoms with Gasteiger partial charge in [0, 0.05) is 11.9 Å². The number of halogens is 1. The Hall–Kier alpha value is -1.08. The maximum absolute atomic E-state index is 9.99. The molecule has 1 heterocycles. The molecule has 1 aromatic heterocycles. The maximum atomic E-state index is 9.99. The number of aliphatic hydroxyl groups excluding tert-OH is 1. The molecule has 0 saturated heterocycles. The molecule has 0 radical (unpaired) electrons. The smallest absolute Gasteiger partial charge is 0.0986 e. The SMILES string of the molecule is Nc1cccc(C(O)Cn2cc(I)cn2)c1. The molecule has 2 rings (SSSR count). The van der Waals surface area contributed by atoms with Crippen molar-refractivity contribution in [2.24, 2.45) is 0 Å². The molecule has 0 spiro atoms. The Morgan fingerprint density at radius 1 is 1.50 bits per heavy atom. The van der Waals surface area contributed by atoms with Gasteiger partial charge in [-0.3, -0.25) is 4.68 Å². The molecule has 3 N–H and O–H groups in total. The Bertz CT molecular complexity index is 484. The summed E-state index contributed by atoms with van der Waals surface area (Å²) in [5, 5.41) is 14.1. The Kier molecular flexibility index (Phi) is 3.45. The maximum Gasteiger partial charge on any atom is 0.0986 e. The van der Waals surface area contributed by atoms with Gasteiger partial charge in [-0.1, -0.05) is 12.1 Å². The van der Waals surface area contributed by atoms with E-state index in [0.29, 0.717) is 12.2 Å². The minimum atomic E-state index is -0.584. The van der Waals surface area contributed by atoms with Gasteiger partial charge in [0.2, 0.25) is 0 Å². The minimum Gasteiger partial charge on any atom is -0.399 e. The molecule has 0 aliphatic carbocycles. The van der Waals surface area contributed by atoms with Crippen LogP contribution >= 0.6 is 22.6 Å². The lowest BCUT2D eigenvalue weighted by Crippen LogP contribution is -2.09. The van der Waals surface area contributed by atoms with Gasteiger partial charge < -0.3 is 10.8 Å². The summed E-state index contributed by atoms with van der Waals surface area (Å²) in [6.45, 7) is 0.437. The van der Waals surface area contributed by atoms with Crippen molar-refractivity contribution in [3.63, 3.8) is 0 Å². The van der Waals surface area contributed by atoms with Crippen LogP contribution < -0.4 is 5.73 Å². The summed E-state index contributed by atoms with van der Waals surface area (Å²) in [6.07, 6.45) is 3.06. The first-order valence-electron chi connectivity index (χ1n) is 4.86. The average Bonchev–Trinajstić information content (AvgIpc) is 2.64. The third kappa shape index (κ3) is 2.73. The molecular weight excluding hydrogens is 317 g/mol. The molecule has 0 fully saturated rings. The molecule has 2 aromatic rings. The van der Waals surface area contributed by atoms with Gasteiger partial charge in [-0.05, 0) is 40.3 Å². The lowest BCUT2D eigenvalue weighted by atomic mass is 10.1. The zero-order chi connectivity index (χ0) is 11.5. The molecule has 1 aromatic carbocycles. The molecule has 0 amide bonds. The van der Waals surface area contributed by atoms with E-state index >= 15 is 0 Å². The number of nitrogens with zero attached hydrogens (tertiary/aromatic N) is 2. The molecule has 1 atom stereocenters. The molecule has 1 unspecified atom stereocenters. The van der Waals surface area contributed by atoms with Gasteiger partial charge in [0.1, 0.15) is 0 Å². The highest BCUT2D eigenvalue weighted by Crippen LogP contribution is 2.17. The Labute approximate surface area is 107 Å². The summed E-state index contributed by atoms with van der Waals surface area (Å²) in [5.41, 5.74) is 7.13. The number of aromatic nitrogens is 2. The Balaban J connectivity index is 2.11. The molecule has 0 aliphatic rings. The van der Waals surface area contributed by atoms with E-state index in [1.54, 1.807) is 23.0 Å².